The van der Waals surface area contributed by atoms with Crippen LogP contribution in [0.15, 0.2) is 55.1 Å². The van der Waals surface area contributed by atoms with Crippen molar-refractivity contribution in [3.8, 4) is 17.2 Å². The molecule has 9 heteroatoms. The topological polar surface area (TPSA) is 115 Å². The van der Waals surface area contributed by atoms with E-state index in [0.717, 1.165) is 48.6 Å². The lowest BCUT2D eigenvalue weighted by atomic mass is 10.1. The second kappa shape index (κ2) is 10.1. The quantitative estimate of drug-likeness (QED) is 0.613. The van der Waals surface area contributed by atoms with Gasteiger partial charge in [0.1, 0.15) is 6.07 Å². The Morgan fingerprint density at radius 3 is 2.48 bits per heavy atom. The van der Waals surface area contributed by atoms with Crippen LogP contribution in [0, 0.1) is 11.3 Å². The standard InChI is InChI=1S/C24H26N8O/c1-30(23(33)12-26)17-18-3-2-4-20(9-18)21-14-28-24(29-15-21)32-7-5-31(6-8-32)22-10-19(11-25)13-27-16-22/h2-4,9-10,13-16H,5-8,12,17,26H2,1H3. The number of nitrogens with two attached hydrogens (primary N) is 1. The van der Waals surface area contributed by atoms with Gasteiger partial charge in [-0.25, -0.2) is 9.97 Å². The van der Waals surface area contributed by atoms with Gasteiger partial charge >= 0.3 is 0 Å². The maximum Gasteiger partial charge on any atom is 0.236 e. The zero-order chi connectivity index (χ0) is 23.2. The monoisotopic (exact) mass is 442 g/mol. The van der Waals surface area contributed by atoms with Crippen molar-refractivity contribution in [2.75, 3.05) is 49.6 Å². The Morgan fingerprint density at radius 2 is 1.79 bits per heavy atom. The number of benzene rings is 1. The minimum absolute atomic E-state index is 0.00287. The van der Waals surface area contributed by atoms with Crippen LogP contribution in [0.3, 0.4) is 0 Å². The molecule has 1 amide bonds. The summed E-state index contributed by atoms with van der Waals surface area (Å²) in [5, 5.41) is 9.09. The molecule has 0 spiro atoms. The van der Waals surface area contributed by atoms with E-state index < -0.39 is 0 Å². The maximum atomic E-state index is 11.7. The highest BCUT2D eigenvalue weighted by Crippen LogP contribution is 2.22. The van der Waals surface area contributed by atoms with Gasteiger partial charge in [-0.1, -0.05) is 18.2 Å². The van der Waals surface area contributed by atoms with Crippen molar-refractivity contribution in [2.45, 2.75) is 6.54 Å². The molecule has 3 aromatic rings. The number of anilines is 2. The van der Waals surface area contributed by atoms with Gasteiger partial charge < -0.3 is 20.4 Å². The molecule has 1 aliphatic rings. The molecule has 0 unspecified atom stereocenters. The zero-order valence-corrected chi connectivity index (χ0v) is 18.6. The van der Waals surface area contributed by atoms with Crippen molar-refractivity contribution in [3.63, 3.8) is 0 Å². The molecule has 33 heavy (non-hydrogen) atoms. The van der Waals surface area contributed by atoms with Gasteiger partial charge in [-0.05, 0) is 23.3 Å². The van der Waals surface area contributed by atoms with Crippen molar-refractivity contribution in [1.29, 1.82) is 5.26 Å². The molecule has 4 rings (SSSR count). The van der Waals surface area contributed by atoms with E-state index in [1.54, 1.807) is 24.3 Å². The summed E-state index contributed by atoms with van der Waals surface area (Å²) < 4.78 is 0. The van der Waals surface area contributed by atoms with E-state index in [2.05, 4.69) is 30.8 Å². The SMILES string of the molecule is CN(Cc1cccc(-c2cnc(N3CCN(c4cncc(C#N)c4)CC3)nc2)c1)C(=O)CN. The van der Waals surface area contributed by atoms with Crippen molar-refractivity contribution < 1.29 is 4.79 Å². The number of rotatable bonds is 6. The van der Waals surface area contributed by atoms with E-state index in [1.165, 1.54) is 0 Å². The van der Waals surface area contributed by atoms with Crippen LogP contribution in [0.4, 0.5) is 11.6 Å². The smallest absolute Gasteiger partial charge is 0.236 e. The van der Waals surface area contributed by atoms with Gasteiger partial charge in [0.05, 0.1) is 24.0 Å². The molecule has 3 heterocycles. The third-order valence-electron chi connectivity index (χ3n) is 5.70. The first-order valence-corrected chi connectivity index (χ1v) is 10.8. The number of likely N-dealkylation sites (N-methyl/N-ethyl adjacent to an activating group) is 1. The highest BCUT2D eigenvalue weighted by molar-refractivity contribution is 5.77. The average molecular weight is 443 g/mol. The first-order valence-electron chi connectivity index (χ1n) is 10.8. The van der Waals surface area contributed by atoms with Crippen LogP contribution in [-0.4, -0.2) is 65.5 Å². The van der Waals surface area contributed by atoms with E-state index in [0.29, 0.717) is 18.1 Å². The molecular weight excluding hydrogens is 416 g/mol. The van der Waals surface area contributed by atoms with E-state index in [1.807, 2.05) is 42.7 Å². The van der Waals surface area contributed by atoms with E-state index in [-0.39, 0.29) is 12.5 Å². The number of aromatic nitrogens is 3. The summed E-state index contributed by atoms with van der Waals surface area (Å²) in [6, 6.07) is 12.0. The lowest BCUT2D eigenvalue weighted by Crippen LogP contribution is -2.47. The average Bonchev–Trinajstić information content (AvgIpc) is 2.88. The summed E-state index contributed by atoms with van der Waals surface area (Å²) in [5.74, 6) is 0.606. The number of nitrogens with zero attached hydrogens (tertiary/aromatic N) is 7. The fourth-order valence-corrected chi connectivity index (χ4v) is 3.83. The van der Waals surface area contributed by atoms with Gasteiger partial charge in [0, 0.05) is 63.9 Å². The van der Waals surface area contributed by atoms with Gasteiger partial charge in [-0.15, -0.1) is 0 Å². The number of amides is 1. The molecule has 2 aromatic heterocycles. The lowest BCUT2D eigenvalue weighted by molar-refractivity contribution is -0.128. The molecular formula is C24H26N8O. The molecule has 0 aliphatic carbocycles. The van der Waals surface area contributed by atoms with Gasteiger partial charge in [0.15, 0.2) is 0 Å². The molecule has 1 saturated heterocycles. The van der Waals surface area contributed by atoms with Crippen molar-refractivity contribution in [1.82, 2.24) is 19.9 Å². The van der Waals surface area contributed by atoms with Crippen LogP contribution >= 0.6 is 0 Å². The minimum atomic E-state index is -0.0952. The normalized spacial score (nSPS) is 13.5. The van der Waals surface area contributed by atoms with Gasteiger partial charge in [0.25, 0.3) is 0 Å². The fraction of sp³-hybridized carbons (Fsp3) is 0.292. The van der Waals surface area contributed by atoms with Gasteiger partial charge in [0.2, 0.25) is 11.9 Å². The summed E-state index contributed by atoms with van der Waals surface area (Å²) in [7, 11) is 1.75. The number of carbonyl (C=O) groups excluding carboxylic acids is 1. The van der Waals surface area contributed by atoms with Crippen LogP contribution in [0.5, 0.6) is 0 Å². The number of nitriles is 1. The summed E-state index contributed by atoms with van der Waals surface area (Å²) >= 11 is 0. The van der Waals surface area contributed by atoms with Crippen LogP contribution in [-0.2, 0) is 11.3 Å². The minimum Gasteiger partial charge on any atom is -0.367 e. The van der Waals surface area contributed by atoms with Crippen LogP contribution < -0.4 is 15.5 Å². The summed E-state index contributed by atoms with van der Waals surface area (Å²) in [4.78, 5) is 31.1. The summed E-state index contributed by atoms with van der Waals surface area (Å²) in [5.41, 5.74) is 9.92. The molecule has 2 N–H and O–H groups in total. The Morgan fingerprint density at radius 1 is 1.06 bits per heavy atom. The molecule has 0 radical (unpaired) electrons. The Balaban J connectivity index is 1.39. The molecule has 1 aromatic carbocycles. The fourth-order valence-electron chi connectivity index (χ4n) is 3.83. The Bertz CT molecular complexity index is 1150. The van der Waals surface area contributed by atoms with Gasteiger partial charge in [-0.3, -0.25) is 9.78 Å². The van der Waals surface area contributed by atoms with E-state index in [9.17, 15) is 4.79 Å². The zero-order valence-electron chi connectivity index (χ0n) is 18.6. The third kappa shape index (κ3) is 5.25. The maximum absolute atomic E-state index is 11.7. The first kappa shape index (κ1) is 22.2. The number of piperazine rings is 1. The van der Waals surface area contributed by atoms with Gasteiger partial charge in [-0.2, -0.15) is 5.26 Å². The molecule has 0 atom stereocenters. The number of hydrogen-bond donors (Lipinski definition) is 1. The second-order valence-corrected chi connectivity index (χ2v) is 7.94. The molecule has 1 fully saturated rings. The predicted octanol–water partition coefficient (Wildman–Crippen LogP) is 1.65. The highest BCUT2D eigenvalue weighted by atomic mass is 16.2. The second-order valence-electron chi connectivity index (χ2n) is 7.94. The van der Waals surface area contributed by atoms with Crippen molar-refractivity contribution in [2.24, 2.45) is 5.73 Å². The summed E-state index contributed by atoms with van der Waals surface area (Å²) in [6.07, 6.45) is 7.04. The summed E-state index contributed by atoms with van der Waals surface area (Å²) in [6.45, 7) is 3.68. The molecule has 9 nitrogen and oxygen atoms in total. The Labute approximate surface area is 193 Å². The molecule has 168 valence electrons. The van der Waals surface area contributed by atoms with Crippen LogP contribution in [0.25, 0.3) is 11.1 Å². The molecule has 1 aliphatic heterocycles. The van der Waals surface area contributed by atoms with Crippen molar-refractivity contribution in [3.05, 3.63) is 66.2 Å². The number of hydrogen-bond acceptors (Lipinski definition) is 8. The van der Waals surface area contributed by atoms with Crippen molar-refractivity contribution >= 4 is 17.5 Å². The molecule has 0 bridgehead atoms. The van der Waals surface area contributed by atoms with Crippen LogP contribution in [0.2, 0.25) is 0 Å². The van der Waals surface area contributed by atoms with Crippen LogP contribution in [0.1, 0.15) is 11.1 Å². The number of pyridine rings is 1. The predicted molar refractivity (Wildman–Crippen MR) is 126 cm³/mol. The first-order chi connectivity index (χ1) is 16.1. The van der Waals surface area contributed by atoms with E-state index in [4.69, 9.17) is 11.0 Å². The van der Waals surface area contributed by atoms with E-state index >= 15 is 0 Å². The molecule has 0 saturated carbocycles. The Hall–Kier alpha value is -4.03. The largest absolute Gasteiger partial charge is 0.367 e. The third-order valence-corrected chi connectivity index (χ3v) is 5.70. The number of carbonyl (C=O) groups is 1. The lowest BCUT2D eigenvalue weighted by Gasteiger charge is -2.35. The highest BCUT2D eigenvalue weighted by Gasteiger charge is 2.20. The Kier molecular flexibility index (Phi) is 6.76.